The average molecular weight is 211 g/mol. The van der Waals surface area contributed by atoms with Gasteiger partial charge in [0.1, 0.15) is 0 Å². The highest BCUT2D eigenvalue weighted by molar-refractivity contribution is 8.93. The molecule has 0 atom stereocenters. The van der Waals surface area contributed by atoms with E-state index in [4.69, 9.17) is 0 Å². The second-order valence-electron chi connectivity index (χ2n) is 2.24. The molecule has 10 heavy (non-hydrogen) atoms. The van der Waals surface area contributed by atoms with Crippen LogP contribution in [-0.2, 0) is 0 Å². The molecule has 0 fully saturated rings. The predicted octanol–water partition coefficient (Wildman–Crippen LogP) is 2.03. The monoisotopic (exact) mass is 210 g/mol. The molecule has 0 aliphatic heterocycles. The van der Waals surface area contributed by atoms with Gasteiger partial charge in [0.25, 0.3) is 0 Å². The van der Waals surface area contributed by atoms with Crippen LogP contribution in [0.5, 0.6) is 0 Å². The van der Waals surface area contributed by atoms with Gasteiger partial charge in [-0.2, -0.15) is 3.69 Å². The molecule has 1 rings (SSSR count). The lowest BCUT2D eigenvalue weighted by atomic mass is 10.4. The minimum atomic E-state index is 0. The highest BCUT2D eigenvalue weighted by Gasteiger charge is 1.91. The lowest BCUT2D eigenvalue weighted by Gasteiger charge is -1.91. The van der Waals surface area contributed by atoms with E-state index < -0.39 is 0 Å². The van der Waals surface area contributed by atoms with Crippen molar-refractivity contribution in [3.05, 3.63) is 30.3 Å². The van der Waals surface area contributed by atoms with Crippen molar-refractivity contribution < 1.29 is 0 Å². The van der Waals surface area contributed by atoms with E-state index in [0.717, 1.165) is 0 Å². The molecule has 0 bridgehead atoms. The van der Waals surface area contributed by atoms with Crippen LogP contribution in [0.3, 0.4) is 0 Å². The molecule has 2 heteroatoms. The quantitative estimate of drug-likeness (QED) is 0.657. The van der Waals surface area contributed by atoms with Crippen LogP contribution in [0.25, 0.3) is 0 Å². The number of hydrogen-bond donors (Lipinski definition) is 0. The van der Waals surface area contributed by atoms with Crippen LogP contribution in [-0.4, -0.2) is 20.4 Å². The van der Waals surface area contributed by atoms with Gasteiger partial charge in [0.05, 0.1) is 0 Å². The van der Waals surface area contributed by atoms with Gasteiger partial charge in [0.15, 0.2) is 0 Å². The smallest absolute Gasteiger partial charge is 0.174 e. The lowest BCUT2D eigenvalue weighted by molar-refractivity contribution is 1.46. The summed E-state index contributed by atoms with van der Waals surface area (Å²) in [5.74, 6) is 0. The molecule has 0 aromatic heterocycles. The minimum absolute atomic E-state index is 0. The lowest BCUT2D eigenvalue weighted by Crippen LogP contribution is -2.10. The van der Waals surface area contributed by atoms with Crippen LogP contribution < -0.4 is 3.69 Å². The second kappa shape index (κ2) is 6.19. The third-order valence-corrected chi connectivity index (χ3v) is 2.93. The van der Waals surface area contributed by atoms with Crippen molar-refractivity contribution in [3.63, 3.8) is 0 Å². The van der Waals surface area contributed by atoms with Crippen LogP contribution in [0.15, 0.2) is 30.3 Å². The Morgan fingerprint density at radius 2 is 1.80 bits per heavy atom. The largest absolute Gasteiger partial charge is 0.408 e. The summed E-state index contributed by atoms with van der Waals surface area (Å²) in [6, 6.07) is 10.8. The van der Waals surface area contributed by atoms with Gasteiger partial charge in [-0.1, -0.05) is 37.3 Å². The average Bonchev–Trinajstić information content (AvgIpc) is 1.91. The maximum absolute atomic E-state index is 2.26. The molecule has 0 N–H and O–H groups in total. The van der Waals surface area contributed by atoms with E-state index in [-0.39, 0.29) is 37.3 Å². The maximum atomic E-state index is 2.26. The topological polar surface area (TPSA) is 0 Å². The van der Waals surface area contributed by atoms with Crippen LogP contribution in [0, 0.1) is 0 Å². The fourth-order valence-corrected chi connectivity index (χ4v) is 2.12. The zero-order chi connectivity index (χ0) is 6.53. The maximum Gasteiger partial charge on any atom is 0.408 e. The van der Waals surface area contributed by atoms with Crippen LogP contribution >= 0.6 is 17.0 Å². The molecule has 0 saturated heterocycles. The van der Waals surface area contributed by atoms with Gasteiger partial charge < -0.3 is 0 Å². The predicted molar refractivity (Wildman–Crippen MR) is 52.6 cm³/mol. The first kappa shape index (κ1) is 10.5. The third kappa shape index (κ3) is 3.59. The van der Waals surface area contributed by atoms with Gasteiger partial charge in [-0.25, -0.2) is 0 Å². The molecule has 0 aliphatic rings. The Balaban J connectivity index is 0.000000810. The zero-order valence-corrected chi connectivity index (χ0v) is 9.34. The van der Waals surface area contributed by atoms with E-state index in [1.165, 1.54) is 4.55 Å². The Hall–Kier alpha value is 0.466. The van der Waals surface area contributed by atoms with Gasteiger partial charge >= 0.3 is 20.4 Å². The molecule has 1 aromatic carbocycles. The SMILES string of the molecule is Br.C[CH2][Mg][c]1ccccc1. The first-order valence-corrected chi connectivity index (χ1v) is 5.18. The number of halogens is 1. The number of hydrogen-bond acceptors (Lipinski definition) is 0. The van der Waals surface area contributed by atoms with E-state index in [9.17, 15) is 0 Å². The Labute approximate surface area is 82.5 Å². The van der Waals surface area contributed by atoms with Crippen molar-refractivity contribution in [1.82, 2.24) is 0 Å². The summed E-state index contributed by atoms with van der Waals surface area (Å²) in [7, 11) is 0. The molecule has 0 heterocycles. The minimum Gasteiger partial charge on any atom is -0.174 e. The van der Waals surface area contributed by atoms with Gasteiger partial charge in [-0.3, -0.25) is 0 Å². The van der Waals surface area contributed by atoms with E-state index in [2.05, 4.69) is 37.3 Å². The Kier molecular flexibility index (Phi) is 6.48. The highest BCUT2D eigenvalue weighted by Crippen LogP contribution is 1.82. The number of benzene rings is 1. The summed E-state index contributed by atoms with van der Waals surface area (Å²) in [5.41, 5.74) is 0. The van der Waals surface area contributed by atoms with Crippen molar-refractivity contribution in [2.75, 3.05) is 0 Å². The van der Waals surface area contributed by atoms with E-state index >= 15 is 0 Å². The molecule has 0 unspecified atom stereocenters. The van der Waals surface area contributed by atoms with Gasteiger partial charge in [-0.05, 0) is 0 Å². The van der Waals surface area contributed by atoms with E-state index in [1.54, 1.807) is 3.69 Å². The van der Waals surface area contributed by atoms with Gasteiger partial charge in [0, 0.05) is 0 Å². The zero-order valence-electron chi connectivity index (χ0n) is 6.21. The Morgan fingerprint density at radius 1 is 1.20 bits per heavy atom. The second-order valence-corrected chi connectivity index (χ2v) is 4.55. The summed E-state index contributed by atoms with van der Waals surface area (Å²) >= 11 is 0.0990. The third-order valence-electron chi connectivity index (χ3n) is 1.38. The standard InChI is InChI=1S/C6H5.C2H5.BrH.Mg/c1-2-4-6-5-3-1;1-2;;/h1-5H;1H2,2H3;1H;. The van der Waals surface area contributed by atoms with Crippen molar-refractivity contribution in [2.24, 2.45) is 0 Å². The summed E-state index contributed by atoms with van der Waals surface area (Å²) in [6.45, 7) is 2.26. The van der Waals surface area contributed by atoms with Crippen molar-refractivity contribution in [3.8, 4) is 0 Å². The molecule has 0 saturated carbocycles. The fourth-order valence-electron chi connectivity index (χ4n) is 0.933. The summed E-state index contributed by atoms with van der Waals surface area (Å²) in [4.78, 5) is 0. The van der Waals surface area contributed by atoms with Gasteiger partial charge in [0.2, 0.25) is 0 Å². The molecule has 0 spiro atoms. The molecular weight excluding hydrogens is 200 g/mol. The highest BCUT2D eigenvalue weighted by atomic mass is 79.9. The fraction of sp³-hybridized carbons (Fsp3) is 0.250. The van der Waals surface area contributed by atoms with Crippen molar-refractivity contribution in [1.29, 1.82) is 0 Å². The Bertz CT molecular complexity index is 162. The Morgan fingerprint density at radius 3 is 2.30 bits per heavy atom. The summed E-state index contributed by atoms with van der Waals surface area (Å²) < 4.78 is 2.96. The molecule has 0 amide bonds. The first-order valence-electron chi connectivity index (χ1n) is 3.47. The van der Waals surface area contributed by atoms with Crippen molar-refractivity contribution in [2.45, 2.75) is 11.5 Å². The van der Waals surface area contributed by atoms with E-state index in [1.807, 2.05) is 0 Å². The van der Waals surface area contributed by atoms with Crippen molar-refractivity contribution >= 4 is 41.0 Å². The van der Waals surface area contributed by atoms with Gasteiger partial charge in [-0.15, -0.1) is 21.5 Å². The molecular formula is C8H11BrMg. The van der Waals surface area contributed by atoms with E-state index in [0.29, 0.717) is 0 Å². The van der Waals surface area contributed by atoms with Crippen LogP contribution in [0.2, 0.25) is 4.55 Å². The summed E-state index contributed by atoms with van der Waals surface area (Å²) in [5, 5.41) is 0. The summed E-state index contributed by atoms with van der Waals surface area (Å²) in [6.07, 6.45) is 0. The van der Waals surface area contributed by atoms with Crippen LogP contribution in [0.4, 0.5) is 0 Å². The normalized spacial score (nSPS) is 7.70. The molecule has 0 radical (unpaired) electrons. The molecule has 1 aromatic rings. The molecule has 52 valence electrons. The molecule has 0 aliphatic carbocycles. The first-order chi connectivity index (χ1) is 4.43. The number of rotatable bonds is 2. The molecule has 0 nitrogen and oxygen atoms in total. The van der Waals surface area contributed by atoms with Crippen LogP contribution in [0.1, 0.15) is 6.92 Å².